The molecule has 0 spiro atoms. The van der Waals surface area contributed by atoms with Crippen LogP contribution in [0.3, 0.4) is 0 Å². The lowest BCUT2D eigenvalue weighted by atomic mass is 10.1. The van der Waals surface area contributed by atoms with Crippen molar-refractivity contribution < 1.29 is 34.1 Å². The molecule has 0 bridgehead atoms. The van der Waals surface area contributed by atoms with Crippen molar-refractivity contribution in [1.29, 1.82) is 0 Å². The Morgan fingerprint density at radius 2 is 1.82 bits per heavy atom. The molecule has 0 aliphatic rings. The van der Waals surface area contributed by atoms with Crippen LogP contribution in [0.15, 0.2) is 48.5 Å². The van der Waals surface area contributed by atoms with Gasteiger partial charge in [0.25, 0.3) is 0 Å². The largest absolute Gasteiger partial charge is 0.492 e. The number of ketones is 1. The molecule has 0 unspecified atom stereocenters. The summed E-state index contributed by atoms with van der Waals surface area (Å²) in [5.74, 6) is -2.32. The maximum atomic E-state index is 12.3. The number of nitrogens with two attached hydrogens (primary N) is 1. The average molecular weight is 385 g/mol. The fourth-order valence-corrected chi connectivity index (χ4v) is 2.27. The molecule has 0 aliphatic heterocycles. The molecule has 0 radical (unpaired) electrons. The molecule has 2 rings (SSSR count). The van der Waals surface area contributed by atoms with E-state index in [0.29, 0.717) is 30.0 Å². The molecule has 146 valence electrons. The van der Waals surface area contributed by atoms with Gasteiger partial charge in [-0.25, -0.2) is 9.59 Å². The summed E-state index contributed by atoms with van der Waals surface area (Å²) >= 11 is 0. The van der Waals surface area contributed by atoms with E-state index in [0.717, 1.165) is 0 Å². The Bertz CT molecular complexity index is 905. The van der Waals surface area contributed by atoms with E-state index in [2.05, 4.69) is 0 Å². The fourth-order valence-electron chi connectivity index (χ4n) is 2.27. The van der Waals surface area contributed by atoms with Gasteiger partial charge in [0.2, 0.25) is 0 Å². The topological polar surface area (TPSA) is 136 Å². The third kappa shape index (κ3) is 5.96. The van der Waals surface area contributed by atoms with Crippen LogP contribution in [0.1, 0.15) is 26.3 Å². The van der Waals surface area contributed by atoms with E-state index in [-0.39, 0.29) is 17.1 Å². The highest BCUT2D eigenvalue weighted by molar-refractivity contribution is 6.07. The molecule has 0 saturated heterocycles. The smallest absolute Gasteiger partial charge is 0.341 e. The van der Waals surface area contributed by atoms with Gasteiger partial charge in [-0.1, -0.05) is 24.3 Å². The van der Waals surface area contributed by atoms with E-state index in [9.17, 15) is 19.5 Å². The van der Waals surface area contributed by atoms with Gasteiger partial charge in [0.15, 0.2) is 12.4 Å². The molecule has 0 saturated carbocycles. The van der Waals surface area contributed by atoms with E-state index < -0.39 is 18.5 Å². The van der Waals surface area contributed by atoms with Crippen LogP contribution < -0.4 is 15.2 Å². The van der Waals surface area contributed by atoms with Crippen LogP contribution in [-0.4, -0.2) is 47.7 Å². The van der Waals surface area contributed by atoms with Crippen molar-refractivity contribution in [2.24, 2.45) is 5.73 Å². The molecule has 28 heavy (non-hydrogen) atoms. The molecule has 0 aliphatic carbocycles. The summed E-state index contributed by atoms with van der Waals surface area (Å²) in [6, 6.07) is 10.8. The first-order valence-electron chi connectivity index (χ1n) is 8.28. The molecule has 0 fully saturated rings. The predicted molar refractivity (Wildman–Crippen MR) is 101 cm³/mol. The van der Waals surface area contributed by atoms with Crippen molar-refractivity contribution in [3.63, 3.8) is 0 Å². The van der Waals surface area contributed by atoms with Gasteiger partial charge in [0.1, 0.15) is 23.7 Å². The van der Waals surface area contributed by atoms with E-state index in [1.807, 2.05) is 0 Å². The summed E-state index contributed by atoms with van der Waals surface area (Å²) in [7, 11) is 0. The molecular formula is C20H19NO7. The normalized spacial score (nSPS) is 10.6. The number of carboxylic acids is 2. The molecule has 4 N–H and O–H groups in total. The van der Waals surface area contributed by atoms with Crippen molar-refractivity contribution in [1.82, 2.24) is 0 Å². The van der Waals surface area contributed by atoms with Crippen molar-refractivity contribution in [2.75, 3.05) is 19.8 Å². The highest BCUT2D eigenvalue weighted by Crippen LogP contribution is 2.21. The molecule has 0 aromatic heterocycles. The van der Waals surface area contributed by atoms with Crippen LogP contribution in [-0.2, 0) is 4.79 Å². The maximum absolute atomic E-state index is 12.3. The van der Waals surface area contributed by atoms with Gasteiger partial charge in [-0.15, -0.1) is 0 Å². The van der Waals surface area contributed by atoms with E-state index in [1.54, 1.807) is 24.3 Å². The van der Waals surface area contributed by atoms with Crippen LogP contribution >= 0.6 is 0 Å². The number of allylic oxidation sites excluding steroid dienone is 1. The Morgan fingerprint density at radius 3 is 2.50 bits per heavy atom. The third-order valence-electron chi connectivity index (χ3n) is 3.52. The number of aromatic carboxylic acids is 1. The quantitative estimate of drug-likeness (QED) is 0.418. The second kappa shape index (κ2) is 9.89. The summed E-state index contributed by atoms with van der Waals surface area (Å²) in [5, 5.41) is 17.9. The summed E-state index contributed by atoms with van der Waals surface area (Å²) < 4.78 is 10.3. The zero-order valence-electron chi connectivity index (χ0n) is 14.8. The summed E-state index contributed by atoms with van der Waals surface area (Å²) in [6.45, 7) is 0.0361. The van der Waals surface area contributed by atoms with E-state index >= 15 is 0 Å². The zero-order valence-corrected chi connectivity index (χ0v) is 14.8. The third-order valence-corrected chi connectivity index (χ3v) is 3.52. The second-order valence-corrected chi connectivity index (χ2v) is 5.61. The molecule has 2 aromatic rings. The number of rotatable bonds is 10. The van der Waals surface area contributed by atoms with Crippen LogP contribution in [0, 0.1) is 0 Å². The predicted octanol–water partition coefficient (Wildman–Crippen LogP) is 2.08. The van der Waals surface area contributed by atoms with Crippen molar-refractivity contribution in [3.8, 4) is 11.5 Å². The highest BCUT2D eigenvalue weighted by atomic mass is 16.5. The first kappa shape index (κ1) is 20.7. The average Bonchev–Trinajstić information content (AvgIpc) is 2.69. The van der Waals surface area contributed by atoms with Gasteiger partial charge in [-0.2, -0.15) is 0 Å². The van der Waals surface area contributed by atoms with Gasteiger partial charge >= 0.3 is 11.9 Å². The summed E-state index contributed by atoms with van der Waals surface area (Å²) in [6.07, 6.45) is 2.77. The second-order valence-electron chi connectivity index (χ2n) is 5.61. The molecule has 2 aromatic carbocycles. The van der Waals surface area contributed by atoms with E-state index in [1.165, 1.54) is 30.4 Å². The van der Waals surface area contributed by atoms with Crippen molar-refractivity contribution in [3.05, 3.63) is 65.2 Å². The molecular weight excluding hydrogens is 366 g/mol. The lowest BCUT2D eigenvalue weighted by Crippen LogP contribution is -2.12. The highest BCUT2D eigenvalue weighted by Gasteiger charge is 2.13. The zero-order chi connectivity index (χ0) is 20.5. The van der Waals surface area contributed by atoms with Crippen LogP contribution in [0.2, 0.25) is 0 Å². The Hall–Kier alpha value is -3.65. The van der Waals surface area contributed by atoms with Crippen LogP contribution in [0.25, 0.3) is 6.08 Å². The Morgan fingerprint density at radius 1 is 1.04 bits per heavy atom. The Labute approximate surface area is 160 Å². The van der Waals surface area contributed by atoms with E-state index in [4.69, 9.17) is 20.3 Å². The molecule has 8 nitrogen and oxygen atoms in total. The number of carbonyl (C=O) groups is 3. The Balaban J connectivity index is 2.16. The summed E-state index contributed by atoms with van der Waals surface area (Å²) in [4.78, 5) is 34.3. The maximum Gasteiger partial charge on any atom is 0.341 e. The lowest BCUT2D eigenvalue weighted by molar-refractivity contribution is -0.139. The number of aliphatic carboxylic acids is 1. The van der Waals surface area contributed by atoms with Gasteiger partial charge in [-0.05, 0) is 35.9 Å². The minimum absolute atomic E-state index is 0.0665. The minimum Gasteiger partial charge on any atom is -0.492 e. The van der Waals surface area contributed by atoms with Crippen LogP contribution in [0.4, 0.5) is 0 Å². The van der Waals surface area contributed by atoms with Gasteiger partial charge in [0, 0.05) is 12.1 Å². The van der Waals surface area contributed by atoms with Gasteiger partial charge in [0.05, 0.1) is 0 Å². The van der Waals surface area contributed by atoms with Gasteiger partial charge < -0.3 is 25.4 Å². The fraction of sp³-hybridized carbons (Fsp3) is 0.150. The lowest BCUT2D eigenvalue weighted by Gasteiger charge is -2.08. The first-order chi connectivity index (χ1) is 13.4. The number of carboxylic acid groups (broad SMARTS) is 2. The molecule has 0 heterocycles. The standard InChI is InChI=1S/C20H19NO7/c21-8-9-27-15-3-1-2-14(11-15)17(22)6-4-13-5-7-18(28-12-19(23)24)16(10-13)20(25)26/h1-7,10-11H,8-9,12,21H2,(H,23,24)(H,25,26). The SMILES string of the molecule is NCCOc1cccc(C(=O)C=Cc2ccc(OCC(=O)O)c(C(=O)O)c2)c1. The summed E-state index contributed by atoms with van der Waals surface area (Å²) in [5.41, 5.74) is 6.04. The monoisotopic (exact) mass is 385 g/mol. The number of ether oxygens (including phenoxy) is 2. The molecule has 8 heteroatoms. The van der Waals surface area contributed by atoms with Crippen molar-refractivity contribution >= 4 is 23.8 Å². The van der Waals surface area contributed by atoms with Crippen LogP contribution in [0.5, 0.6) is 11.5 Å². The first-order valence-corrected chi connectivity index (χ1v) is 8.28. The number of hydrogen-bond donors (Lipinski definition) is 3. The number of benzene rings is 2. The number of hydrogen-bond acceptors (Lipinski definition) is 6. The van der Waals surface area contributed by atoms with Gasteiger partial charge in [-0.3, -0.25) is 4.79 Å². The minimum atomic E-state index is -1.27. The molecule has 0 atom stereocenters. The van der Waals surface area contributed by atoms with Crippen molar-refractivity contribution in [2.45, 2.75) is 0 Å². The number of carbonyl (C=O) groups excluding carboxylic acids is 1. The Kier molecular flexibility index (Phi) is 7.29. The molecule has 0 amide bonds.